The summed E-state index contributed by atoms with van der Waals surface area (Å²) in [5.41, 5.74) is 0. The Morgan fingerprint density at radius 3 is 2.25 bits per heavy atom. The highest BCUT2D eigenvalue weighted by molar-refractivity contribution is 7.99. The first-order chi connectivity index (χ1) is 7.38. The Balaban J connectivity index is 4.06. The number of hydrogen-bond donors (Lipinski definition) is 3. The Bertz CT molecular complexity index is 246. The third-order valence-electron chi connectivity index (χ3n) is 2.17. The summed E-state index contributed by atoms with van der Waals surface area (Å²) in [5.74, 6) is -1.15. The summed E-state index contributed by atoms with van der Waals surface area (Å²) in [4.78, 5) is 22.2. The van der Waals surface area contributed by atoms with Gasteiger partial charge < -0.3 is 15.7 Å². The number of nitrogens with one attached hydrogen (secondary N) is 2. The fourth-order valence-corrected chi connectivity index (χ4v) is 1.28. The van der Waals surface area contributed by atoms with E-state index < -0.39 is 18.0 Å². The lowest BCUT2D eigenvalue weighted by Gasteiger charge is -2.19. The van der Waals surface area contributed by atoms with Crippen molar-refractivity contribution in [2.45, 2.75) is 32.1 Å². The fourth-order valence-electron chi connectivity index (χ4n) is 1.03. The predicted molar refractivity (Wildman–Crippen MR) is 65.8 cm³/mol. The van der Waals surface area contributed by atoms with Crippen molar-refractivity contribution in [3.05, 3.63) is 0 Å². The van der Waals surface area contributed by atoms with Crippen LogP contribution in [0.4, 0.5) is 4.79 Å². The molecule has 0 saturated heterocycles. The van der Waals surface area contributed by atoms with Gasteiger partial charge in [0.15, 0.2) is 0 Å². The van der Waals surface area contributed by atoms with Gasteiger partial charge >= 0.3 is 12.0 Å². The summed E-state index contributed by atoms with van der Waals surface area (Å²) in [6.45, 7) is 6.02. The number of aliphatic carboxylic acids is 1. The van der Waals surface area contributed by atoms with Crippen molar-refractivity contribution in [2.24, 2.45) is 5.92 Å². The Labute approximate surface area is 100 Å². The van der Waals surface area contributed by atoms with E-state index in [0.29, 0.717) is 11.8 Å². The normalized spacial score (nSPS) is 14.3. The molecular weight excluding hydrogens is 228 g/mol. The third-order valence-corrected chi connectivity index (χ3v) is 3.14. The number of carboxylic acids is 1. The second kappa shape index (κ2) is 7.38. The number of carbonyl (C=O) groups is 2. The van der Waals surface area contributed by atoms with E-state index in [2.05, 4.69) is 10.6 Å². The standard InChI is InChI=1S/C10H20N2O3S/c1-6(2)8(9(13)14)12-10(15)11-5-7(3)16-4/h6-8H,5H2,1-4H3,(H,13,14)(H2,11,12,15). The second-order valence-electron chi connectivity index (χ2n) is 3.96. The molecule has 3 N–H and O–H groups in total. The molecule has 0 heterocycles. The van der Waals surface area contributed by atoms with Gasteiger partial charge in [-0.15, -0.1) is 0 Å². The zero-order valence-electron chi connectivity index (χ0n) is 10.1. The SMILES string of the molecule is CSC(C)CNC(=O)NC(C(=O)O)C(C)C. The Morgan fingerprint density at radius 2 is 1.88 bits per heavy atom. The van der Waals surface area contributed by atoms with E-state index in [-0.39, 0.29) is 5.92 Å². The summed E-state index contributed by atoms with van der Waals surface area (Å²) < 4.78 is 0. The first kappa shape index (κ1) is 15.1. The molecule has 0 saturated carbocycles. The van der Waals surface area contributed by atoms with E-state index in [0.717, 1.165) is 0 Å². The highest BCUT2D eigenvalue weighted by atomic mass is 32.2. The summed E-state index contributed by atoms with van der Waals surface area (Å²) in [7, 11) is 0. The average Bonchev–Trinajstić information content (AvgIpc) is 2.21. The molecule has 2 amide bonds. The number of urea groups is 1. The van der Waals surface area contributed by atoms with Crippen molar-refractivity contribution in [3.63, 3.8) is 0 Å². The minimum Gasteiger partial charge on any atom is -0.480 e. The van der Waals surface area contributed by atoms with Crippen LogP contribution < -0.4 is 10.6 Å². The molecule has 16 heavy (non-hydrogen) atoms. The minimum atomic E-state index is -1.01. The van der Waals surface area contributed by atoms with Crippen LogP contribution in [0.15, 0.2) is 0 Å². The lowest BCUT2D eigenvalue weighted by atomic mass is 10.1. The monoisotopic (exact) mass is 248 g/mol. The van der Waals surface area contributed by atoms with Crippen LogP contribution in [0.25, 0.3) is 0 Å². The summed E-state index contributed by atoms with van der Waals surface area (Å²) >= 11 is 1.64. The van der Waals surface area contributed by atoms with Crippen LogP contribution in [0.3, 0.4) is 0 Å². The van der Waals surface area contributed by atoms with Gasteiger partial charge in [0.1, 0.15) is 6.04 Å². The van der Waals surface area contributed by atoms with Gasteiger partial charge in [-0.3, -0.25) is 0 Å². The van der Waals surface area contributed by atoms with Gasteiger partial charge in [0.2, 0.25) is 0 Å². The zero-order valence-corrected chi connectivity index (χ0v) is 10.9. The number of rotatable bonds is 6. The Kier molecular flexibility index (Phi) is 6.96. The smallest absolute Gasteiger partial charge is 0.326 e. The molecule has 94 valence electrons. The molecule has 2 unspecified atom stereocenters. The lowest BCUT2D eigenvalue weighted by Crippen LogP contribution is -2.49. The first-order valence-electron chi connectivity index (χ1n) is 5.18. The van der Waals surface area contributed by atoms with Gasteiger partial charge in [-0.25, -0.2) is 9.59 Å². The van der Waals surface area contributed by atoms with Gasteiger partial charge in [-0.2, -0.15) is 11.8 Å². The molecule has 6 heteroatoms. The molecule has 0 aliphatic heterocycles. The molecule has 0 spiro atoms. The summed E-state index contributed by atoms with van der Waals surface area (Å²) in [5, 5.41) is 14.3. The quantitative estimate of drug-likeness (QED) is 0.659. The largest absolute Gasteiger partial charge is 0.480 e. The van der Waals surface area contributed by atoms with Gasteiger partial charge in [0.25, 0.3) is 0 Å². The number of amides is 2. The van der Waals surface area contributed by atoms with E-state index in [1.165, 1.54) is 0 Å². The van der Waals surface area contributed by atoms with Gasteiger partial charge in [-0.1, -0.05) is 20.8 Å². The highest BCUT2D eigenvalue weighted by Crippen LogP contribution is 2.03. The number of hydrogen-bond acceptors (Lipinski definition) is 3. The van der Waals surface area contributed by atoms with Crippen LogP contribution in [0, 0.1) is 5.92 Å². The lowest BCUT2D eigenvalue weighted by molar-refractivity contribution is -0.140. The van der Waals surface area contributed by atoms with Crippen molar-refractivity contribution in [1.29, 1.82) is 0 Å². The van der Waals surface area contributed by atoms with Crippen molar-refractivity contribution in [2.75, 3.05) is 12.8 Å². The van der Waals surface area contributed by atoms with Crippen molar-refractivity contribution in [1.82, 2.24) is 10.6 Å². The van der Waals surface area contributed by atoms with E-state index in [9.17, 15) is 9.59 Å². The molecule has 0 aliphatic rings. The number of carbonyl (C=O) groups excluding carboxylic acids is 1. The molecule has 0 aromatic rings. The average molecular weight is 248 g/mol. The summed E-state index contributed by atoms with van der Waals surface area (Å²) in [6, 6.07) is -1.27. The maximum Gasteiger partial charge on any atom is 0.326 e. The van der Waals surface area contributed by atoms with Gasteiger partial charge in [0.05, 0.1) is 0 Å². The van der Waals surface area contributed by atoms with E-state index >= 15 is 0 Å². The van der Waals surface area contributed by atoms with Crippen LogP contribution in [0.1, 0.15) is 20.8 Å². The van der Waals surface area contributed by atoms with E-state index in [4.69, 9.17) is 5.11 Å². The van der Waals surface area contributed by atoms with Crippen molar-refractivity contribution < 1.29 is 14.7 Å². The molecule has 0 rings (SSSR count). The fraction of sp³-hybridized carbons (Fsp3) is 0.800. The Hall–Kier alpha value is -0.910. The number of thioether (sulfide) groups is 1. The van der Waals surface area contributed by atoms with Crippen LogP contribution in [0.2, 0.25) is 0 Å². The summed E-state index contributed by atoms with van der Waals surface area (Å²) in [6.07, 6.45) is 1.96. The number of carboxylic acid groups (broad SMARTS) is 1. The Morgan fingerprint density at radius 1 is 1.31 bits per heavy atom. The molecule has 0 fully saturated rings. The van der Waals surface area contributed by atoms with E-state index in [1.54, 1.807) is 25.6 Å². The zero-order chi connectivity index (χ0) is 12.7. The minimum absolute atomic E-state index is 0.138. The first-order valence-corrected chi connectivity index (χ1v) is 6.47. The molecule has 2 atom stereocenters. The maximum absolute atomic E-state index is 11.4. The van der Waals surface area contributed by atoms with Crippen LogP contribution >= 0.6 is 11.8 Å². The molecule has 5 nitrogen and oxygen atoms in total. The predicted octanol–water partition coefficient (Wildman–Crippen LogP) is 1.15. The molecule has 0 aliphatic carbocycles. The maximum atomic E-state index is 11.4. The molecule has 0 aromatic heterocycles. The van der Waals surface area contributed by atoms with Crippen LogP contribution in [-0.4, -0.2) is 41.2 Å². The molecule has 0 aromatic carbocycles. The highest BCUT2D eigenvalue weighted by Gasteiger charge is 2.23. The van der Waals surface area contributed by atoms with Crippen LogP contribution in [0.5, 0.6) is 0 Å². The molecule has 0 bridgehead atoms. The van der Waals surface area contributed by atoms with E-state index in [1.807, 2.05) is 13.2 Å². The van der Waals surface area contributed by atoms with Gasteiger partial charge in [0, 0.05) is 11.8 Å². The van der Waals surface area contributed by atoms with Crippen molar-refractivity contribution in [3.8, 4) is 0 Å². The second-order valence-corrected chi connectivity index (χ2v) is 5.24. The molecular formula is C10H20N2O3S. The van der Waals surface area contributed by atoms with Crippen molar-refractivity contribution >= 4 is 23.8 Å². The third kappa shape index (κ3) is 5.85. The van der Waals surface area contributed by atoms with Crippen LogP contribution in [-0.2, 0) is 4.79 Å². The molecule has 0 radical (unpaired) electrons. The van der Waals surface area contributed by atoms with Gasteiger partial charge in [-0.05, 0) is 12.2 Å². The topological polar surface area (TPSA) is 78.4 Å².